The number of hydrogen-bond acceptors (Lipinski definition) is 2. The molecule has 2 rings (SSSR count). The summed E-state index contributed by atoms with van der Waals surface area (Å²) in [7, 11) is 0. The molecule has 0 aliphatic carbocycles. The largest absolute Gasteiger partial charge is 0.396 e. The Balaban J connectivity index is 1.75. The van der Waals surface area contributed by atoms with E-state index in [-0.39, 0.29) is 0 Å². The third kappa shape index (κ3) is 3.55. The predicted molar refractivity (Wildman–Crippen MR) is 71.1 cm³/mol. The molecule has 0 radical (unpaired) electrons. The number of nitrogens with zero attached hydrogens (tertiary/aromatic N) is 1. The lowest BCUT2D eigenvalue weighted by Crippen LogP contribution is -2.23. The lowest BCUT2D eigenvalue weighted by atomic mass is 9.98. The first-order chi connectivity index (χ1) is 8.29. The van der Waals surface area contributed by atoms with Crippen molar-refractivity contribution in [2.24, 2.45) is 5.92 Å². The molecular weight excluding hydrogens is 210 g/mol. The summed E-state index contributed by atoms with van der Waals surface area (Å²) < 4.78 is 0. The Hall–Kier alpha value is -0.860. The van der Waals surface area contributed by atoms with E-state index in [1.54, 1.807) is 0 Å². The summed E-state index contributed by atoms with van der Waals surface area (Å²) in [5.74, 6) is 1.14. The van der Waals surface area contributed by atoms with Gasteiger partial charge in [0, 0.05) is 13.2 Å². The van der Waals surface area contributed by atoms with E-state index in [1.165, 1.54) is 12.0 Å². The normalized spacial score (nSPS) is 22.8. The molecule has 94 valence electrons. The van der Waals surface area contributed by atoms with Gasteiger partial charge < -0.3 is 10.0 Å². The van der Waals surface area contributed by atoms with Gasteiger partial charge in [0.25, 0.3) is 0 Å². The number of hydrogen-bond donors (Lipinski definition) is 1. The summed E-state index contributed by atoms with van der Waals surface area (Å²) in [6, 6.07) is 10.7. The minimum Gasteiger partial charge on any atom is -0.396 e. The van der Waals surface area contributed by atoms with Gasteiger partial charge in [0.2, 0.25) is 0 Å². The minimum absolute atomic E-state index is 0.352. The zero-order valence-corrected chi connectivity index (χ0v) is 10.7. The van der Waals surface area contributed by atoms with Crippen LogP contribution in [0.25, 0.3) is 0 Å². The van der Waals surface area contributed by atoms with Crippen LogP contribution >= 0.6 is 0 Å². The fraction of sp³-hybridized carbons (Fsp3) is 0.600. The molecular formula is C15H23NO. The fourth-order valence-corrected chi connectivity index (χ4v) is 2.59. The first-order valence-electron chi connectivity index (χ1n) is 6.67. The van der Waals surface area contributed by atoms with Gasteiger partial charge in [-0.15, -0.1) is 0 Å². The van der Waals surface area contributed by atoms with Crippen molar-refractivity contribution < 1.29 is 5.11 Å². The Morgan fingerprint density at radius 3 is 2.76 bits per heavy atom. The van der Waals surface area contributed by atoms with Gasteiger partial charge in [-0.3, -0.25) is 0 Å². The molecule has 0 spiro atoms. The average Bonchev–Trinajstić information content (AvgIpc) is 2.85. The van der Waals surface area contributed by atoms with Crippen molar-refractivity contribution >= 4 is 0 Å². The van der Waals surface area contributed by atoms with Gasteiger partial charge >= 0.3 is 0 Å². The van der Waals surface area contributed by atoms with Crippen molar-refractivity contribution in [2.45, 2.75) is 25.7 Å². The highest BCUT2D eigenvalue weighted by molar-refractivity contribution is 5.18. The number of likely N-dealkylation sites (tertiary alicyclic amines) is 1. The van der Waals surface area contributed by atoms with Gasteiger partial charge in [-0.1, -0.05) is 37.3 Å². The SMILES string of the molecule is C[C@H](CCN1CC[C@H](CO)C1)c1ccccc1. The highest BCUT2D eigenvalue weighted by Crippen LogP contribution is 2.21. The molecule has 2 atom stereocenters. The monoisotopic (exact) mass is 233 g/mol. The van der Waals surface area contributed by atoms with Crippen LogP contribution in [-0.4, -0.2) is 36.2 Å². The van der Waals surface area contributed by atoms with Crippen LogP contribution < -0.4 is 0 Å². The summed E-state index contributed by atoms with van der Waals surface area (Å²) in [4.78, 5) is 2.49. The van der Waals surface area contributed by atoms with Crippen molar-refractivity contribution in [1.29, 1.82) is 0 Å². The van der Waals surface area contributed by atoms with E-state index < -0.39 is 0 Å². The lowest BCUT2D eigenvalue weighted by molar-refractivity contribution is 0.220. The first-order valence-corrected chi connectivity index (χ1v) is 6.67. The van der Waals surface area contributed by atoms with Crippen LogP contribution in [0, 0.1) is 5.92 Å². The van der Waals surface area contributed by atoms with Crippen molar-refractivity contribution in [1.82, 2.24) is 4.90 Å². The topological polar surface area (TPSA) is 23.5 Å². The van der Waals surface area contributed by atoms with E-state index in [4.69, 9.17) is 5.11 Å². The fourth-order valence-electron chi connectivity index (χ4n) is 2.59. The van der Waals surface area contributed by atoms with Crippen molar-refractivity contribution in [3.05, 3.63) is 35.9 Å². The Bertz CT molecular complexity index is 325. The number of benzene rings is 1. The number of rotatable bonds is 5. The molecule has 2 heteroatoms. The molecule has 1 N–H and O–H groups in total. The molecule has 1 aromatic carbocycles. The highest BCUT2D eigenvalue weighted by Gasteiger charge is 2.21. The third-order valence-corrected chi connectivity index (χ3v) is 3.88. The molecule has 1 fully saturated rings. The van der Waals surface area contributed by atoms with Crippen LogP contribution in [0.1, 0.15) is 31.2 Å². The number of aliphatic hydroxyl groups excluding tert-OH is 1. The molecule has 1 aliphatic heterocycles. The average molecular weight is 233 g/mol. The molecule has 0 amide bonds. The highest BCUT2D eigenvalue weighted by atomic mass is 16.3. The van der Waals surface area contributed by atoms with Gasteiger partial charge in [0.15, 0.2) is 0 Å². The maximum absolute atomic E-state index is 9.11. The van der Waals surface area contributed by atoms with Crippen LogP contribution in [0.15, 0.2) is 30.3 Å². The number of aliphatic hydroxyl groups is 1. The van der Waals surface area contributed by atoms with E-state index in [1.807, 2.05) is 0 Å². The maximum atomic E-state index is 9.11. The van der Waals surface area contributed by atoms with E-state index in [0.29, 0.717) is 18.4 Å². The van der Waals surface area contributed by atoms with Crippen molar-refractivity contribution in [3.63, 3.8) is 0 Å². The summed E-state index contributed by atoms with van der Waals surface area (Å²) in [5, 5.41) is 9.11. The van der Waals surface area contributed by atoms with E-state index in [9.17, 15) is 0 Å². The van der Waals surface area contributed by atoms with Crippen molar-refractivity contribution in [3.8, 4) is 0 Å². The van der Waals surface area contributed by atoms with Crippen molar-refractivity contribution in [2.75, 3.05) is 26.2 Å². The molecule has 1 aliphatic rings. The molecule has 0 saturated carbocycles. The summed E-state index contributed by atoms with van der Waals surface area (Å²) in [6.45, 7) is 6.05. The molecule has 0 unspecified atom stereocenters. The van der Waals surface area contributed by atoms with Gasteiger partial charge in [0.1, 0.15) is 0 Å². The molecule has 1 aromatic rings. The zero-order valence-electron chi connectivity index (χ0n) is 10.7. The molecule has 17 heavy (non-hydrogen) atoms. The van der Waals surface area contributed by atoms with E-state index in [2.05, 4.69) is 42.2 Å². The minimum atomic E-state index is 0.352. The summed E-state index contributed by atoms with van der Waals surface area (Å²) >= 11 is 0. The first kappa shape index (κ1) is 12.6. The second-order valence-corrected chi connectivity index (χ2v) is 5.24. The van der Waals surface area contributed by atoms with Crippen LogP contribution in [-0.2, 0) is 0 Å². The van der Waals surface area contributed by atoms with Gasteiger partial charge in [-0.05, 0) is 43.3 Å². The molecule has 2 nitrogen and oxygen atoms in total. The standard InChI is InChI=1S/C15H23NO/c1-13(15-5-3-2-4-6-15)7-9-16-10-8-14(11-16)12-17/h2-6,13-14,17H,7-12H2,1H3/t13-,14+/m1/s1. The van der Waals surface area contributed by atoms with Gasteiger partial charge in [0.05, 0.1) is 0 Å². The third-order valence-electron chi connectivity index (χ3n) is 3.88. The quantitative estimate of drug-likeness (QED) is 0.844. The van der Waals surface area contributed by atoms with Crippen LogP contribution in [0.2, 0.25) is 0 Å². The van der Waals surface area contributed by atoms with Crippen LogP contribution in [0.4, 0.5) is 0 Å². The Morgan fingerprint density at radius 1 is 1.35 bits per heavy atom. The summed E-state index contributed by atoms with van der Waals surface area (Å²) in [6.07, 6.45) is 2.37. The Kier molecular flexibility index (Phi) is 4.57. The maximum Gasteiger partial charge on any atom is 0.0471 e. The molecule has 0 aromatic heterocycles. The zero-order chi connectivity index (χ0) is 12.1. The molecule has 1 saturated heterocycles. The second kappa shape index (κ2) is 6.18. The van der Waals surface area contributed by atoms with E-state index in [0.717, 1.165) is 26.1 Å². The van der Waals surface area contributed by atoms with Crippen LogP contribution in [0.5, 0.6) is 0 Å². The van der Waals surface area contributed by atoms with Gasteiger partial charge in [-0.2, -0.15) is 0 Å². The predicted octanol–water partition coefficient (Wildman–Crippen LogP) is 2.49. The smallest absolute Gasteiger partial charge is 0.0471 e. The summed E-state index contributed by atoms with van der Waals surface area (Å²) in [5.41, 5.74) is 1.44. The molecule has 1 heterocycles. The van der Waals surface area contributed by atoms with Crippen LogP contribution in [0.3, 0.4) is 0 Å². The molecule has 0 bridgehead atoms. The van der Waals surface area contributed by atoms with Gasteiger partial charge in [-0.25, -0.2) is 0 Å². The second-order valence-electron chi connectivity index (χ2n) is 5.24. The lowest BCUT2D eigenvalue weighted by Gasteiger charge is -2.19. The Morgan fingerprint density at radius 2 is 2.12 bits per heavy atom. The van der Waals surface area contributed by atoms with E-state index >= 15 is 0 Å². The Labute approximate surface area is 104 Å².